The Morgan fingerprint density at radius 3 is 2.27 bits per heavy atom. The number of thioether (sulfide) groups is 1. The first-order chi connectivity index (χ1) is 12.1. The lowest BCUT2D eigenvalue weighted by Crippen LogP contribution is -2.48. The van der Waals surface area contributed by atoms with Gasteiger partial charge in [-0.25, -0.2) is 0 Å². The summed E-state index contributed by atoms with van der Waals surface area (Å²) in [7, 11) is 0. The van der Waals surface area contributed by atoms with Crippen molar-refractivity contribution in [2.24, 2.45) is 0 Å². The van der Waals surface area contributed by atoms with Crippen LogP contribution in [0.3, 0.4) is 0 Å². The maximum absolute atomic E-state index is 12.7. The smallest absolute Gasteiger partial charge is 0.374 e. The summed E-state index contributed by atoms with van der Waals surface area (Å²) < 4.78 is 38.1. The van der Waals surface area contributed by atoms with Gasteiger partial charge in [-0.1, -0.05) is 30.8 Å². The predicted octanol–water partition coefficient (Wildman–Crippen LogP) is 4.29. The van der Waals surface area contributed by atoms with Crippen LogP contribution in [-0.2, 0) is 15.8 Å². The first kappa shape index (κ1) is 18.7. The van der Waals surface area contributed by atoms with E-state index in [4.69, 9.17) is 0 Å². The van der Waals surface area contributed by atoms with E-state index in [9.17, 15) is 27.9 Å². The fourth-order valence-electron chi connectivity index (χ4n) is 2.96. The van der Waals surface area contributed by atoms with Gasteiger partial charge in [0.25, 0.3) is 0 Å². The van der Waals surface area contributed by atoms with Gasteiger partial charge in [0.15, 0.2) is 11.4 Å². The lowest BCUT2D eigenvalue weighted by atomic mass is 9.75. The molecule has 0 spiro atoms. The second kappa shape index (κ2) is 6.25. The van der Waals surface area contributed by atoms with Gasteiger partial charge in [0.1, 0.15) is 0 Å². The van der Waals surface area contributed by atoms with Gasteiger partial charge in [-0.2, -0.15) is 13.2 Å². The van der Waals surface area contributed by atoms with Crippen LogP contribution < -0.4 is 0 Å². The molecule has 0 fully saturated rings. The number of rotatable bonds is 2. The molecule has 136 valence electrons. The number of carbonyl (C=O) groups is 2. The summed E-state index contributed by atoms with van der Waals surface area (Å²) in [6.45, 7) is 2.93. The normalized spacial score (nSPS) is 23.6. The molecular formula is C19H15F3O3S. The molecule has 1 aromatic carbocycles. The number of ketones is 2. The molecule has 2 aliphatic rings. The number of hydrogen-bond acceptors (Lipinski definition) is 4. The highest BCUT2D eigenvalue weighted by Gasteiger charge is 2.47. The van der Waals surface area contributed by atoms with Crippen molar-refractivity contribution in [3.63, 3.8) is 0 Å². The number of carbonyl (C=O) groups excluding carboxylic acids is 2. The van der Waals surface area contributed by atoms with Gasteiger partial charge in [-0.05, 0) is 48.1 Å². The molecule has 3 nitrogen and oxygen atoms in total. The van der Waals surface area contributed by atoms with Crippen molar-refractivity contribution in [1.29, 1.82) is 0 Å². The third kappa shape index (κ3) is 2.95. The minimum Gasteiger partial charge on any atom is -0.374 e. The molecule has 1 N–H and O–H groups in total. The number of aliphatic hydroxyl groups is 1. The fourth-order valence-corrected chi connectivity index (χ4v) is 3.90. The van der Waals surface area contributed by atoms with Crippen LogP contribution >= 0.6 is 11.8 Å². The molecule has 1 unspecified atom stereocenters. The van der Waals surface area contributed by atoms with Gasteiger partial charge >= 0.3 is 6.18 Å². The molecule has 1 heterocycles. The van der Waals surface area contributed by atoms with E-state index in [0.717, 1.165) is 12.1 Å². The van der Waals surface area contributed by atoms with Crippen molar-refractivity contribution in [3.05, 3.63) is 63.6 Å². The van der Waals surface area contributed by atoms with Crippen molar-refractivity contribution >= 4 is 28.2 Å². The molecule has 0 amide bonds. The van der Waals surface area contributed by atoms with E-state index in [0.29, 0.717) is 28.0 Å². The maximum atomic E-state index is 12.7. The van der Waals surface area contributed by atoms with E-state index < -0.39 is 28.9 Å². The quantitative estimate of drug-likeness (QED) is 0.778. The predicted molar refractivity (Wildman–Crippen MR) is 93.0 cm³/mol. The SMILES string of the molecule is CCC1=C2C=C(c3ccc(C(F)(F)F)cc3)SC=C2C(=O)C(C)(O)C1=O. The molecule has 1 aromatic rings. The average molecular weight is 380 g/mol. The second-order valence-corrected chi connectivity index (χ2v) is 7.12. The lowest BCUT2D eigenvalue weighted by molar-refractivity contribution is -0.145. The highest BCUT2D eigenvalue weighted by Crippen LogP contribution is 2.43. The summed E-state index contributed by atoms with van der Waals surface area (Å²) in [5, 5.41) is 11.8. The Labute approximate surface area is 152 Å². The van der Waals surface area contributed by atoms with Crippen LogP contribution in [-0.4, -0.2) is 22.3 Å². The van der Waals surface area contributed by atoms with E-state index in [-0.39, 0.29) is 5.57 Å². The molecular weight excluding hydrogens is 365 g/mol. The Kier molecular flexibility index (Phi) is 4.48. The van der Waals surface area contributed by atoms with Gasteiger partial charge in [-0.3, -0.25) is 9.59 Å². The zero-order valence-corrected chi connectivity index (χ0v) is 14.8. The van der Waals surface area contributed by atoms with Crippen LogP contribution in [0.2, 0.25) is 0 Å². The van der Waals surface area contributed by atoms with E-state index >= 15 is 0 Å². The molecule has 26 heavy (non-hydrogen) atoms. The summed E-state index contributed by atoms with van der Waals surface area (Å²) in [5.74, 6) is -1.29. The Bertz CT molecular complexity index is 888. The number of fused-ring (bicyclic) bond motifs is 1. The van der Waals surface area contributed by atoms with Crippen LogP contribution in [0.1, 0.15) is 31.4 Å². The van der Waals surface area contributed by atoms with Crippen LogP contribution in [0.25, 0.3) is 4.91 Å². The summed E-state index contributed by atoms with van der Waals surface area (Å²) in [5.41, 5.74) is -1.24. The molecule has 1 aliphatic carbocycles. The monoisotopic (exact) mass is 380 g/mol. The van der Waals surface area contributed by atoms with Crippen molar-refractivity contribution < 1.29 is 27.9 Å². The standard InChI is InChI=1S/C19H15F3O3S/c1-3-12-13-8-15(10-4-6-11(7-5-10)19(20,21)22)26-9-14(13)17(24)18(2,25)16(12)23/h4-9,25H,3H2,1-2H3. The Morgan fingerprint density at radius 2 is 1.73 bits per heavy atom. The number of halogens is 3. The van der Waals surface area contributed by atoms with E-state index in [1.807, 2.05) is 0 Å². The van der Waals surface area contributed by atoms with Crippen molar-refractivity contribution in [2.75, 3.05) is 0 Å². The summed E-state index contributed by atoms with van der Waals surface area (Å²) in [4.78, 5) is 25.5. The molecule has 0 bridgehead atoms. The van der Waals surface area contributed by atoms with Crippen LogP contribution in [0, 0.1) is 0 Å². The number of allylic oxidation sites excluding steroid dienone is 2. The second-order valence-electron chi connectivity index (χ2n) is 6.21. The topological polar surface area (TPSA) is 54.4 Å². The fraction of sp³-hybridized carbons (Fsp3) is 0.263. The van der Waals surface area contributed by atoms with E-state index in [1.165, 1.54) is 30.8 Å². The third-order valence-corrected chi connectivity index (χ3v) is 5.41. The Balaban J connectivity index is 2.06. The number of hydrogen-bond donors (Lipinski definition) is 1. The van der Waals surface area contributed by atoms with Crippen LogP contribution in [0.4, 0.5) is 13.2 Å². The minimum absolute atomic E-state index is 0.257. The van der Waals surface area contributed by atoms with E-state index in [1.54, 1.807) is 18.4 Å². The maximum Gasteiger partial charge on any atom is 0.416 e. The van der Waals surface area contributed by atoms with Crippen LogP contribution in [0.15, 0.2) is 52.5 Å². The van der Waals surface area contributed by atoms with Gasteiger partial charge in [0, 0.05) is 16.1 Å². The number of alkyl halides is 3. The lowest BCUT2D eigenvalue weighted by Gasteiger charge is -2.31. The van der Waals surface area contributed by atoms with Crippen molar-refractivity contribution in [2.45, 2.75) is 32.0 Å². The van der Waals surface area contributed by atoms with Crippen LogP contribution in [0.5, 0.6) is 0 Å². The highest BCUT2D eigenvalue weighted by atomic mass is 32.2. The van der Waals surface area contributed by atoms with Gasteiger partial charge < -0.3 is 5.11 Å². The average Bonchev–Trinajstić information content (AvgIpc) is 2.60. The van der Waals surface area contributed by atoms with Gasteiger partial charge in [0.05, 0.1) is 5.56 Å². The molecule has 0 saturated carbocycles. The molecule has 3 rings (SSSR count). The summed E-state index contributed by atoms with van der Waals surface area (Å²) >= 11 is 1.17. The van der Waals surface area contributed by atoms with Crippen molar-refractivity contribution in [1.82, 2.24) is 0 Å². The van der Waals surface area contributed by atoms with E-state index in [2.05, 4.69) is 0 Å². The molecule has 0 aromatic heterocycles. The van der Waals surface area contributed by atoms with Gasteiger partial charge in [0.2, 0.25) is 5.78 Å². The Morgan fingerprint density at radius 1 is 1.12 bits per heavy atom. The minimum atomic E-state index is -4.41. The first-order valence-electron chi connectivity index (χ1n) is 7.89. The molecule has 1 aliphatic heterocycles. The molecule has 0 saturated heterocycles. The molecule has 0 radical (unpaired) electrons. The molecule has 1 atom stereocenters. The van der Waals surface area contributed by atoms with Crippen molar-refractivity contribution in [3.8, 4) is 0 Å². The number of benzene rings is 1. The highest BCUT2D eigenvalue weighted by molar-refractivity contribution is 8.11. The largest absolute Gasteiger partial charge is 0.416 e. The first-order valence-corrected chi connectivity index (χ1v) is 8.77. The van der Waals surface area contributed by atoms with Gasteiger partial charge in [-0.15, -0.1) is 0 Å². The third-order valence-electron chi connectivity index (χ3n) is 4.45. The zero-order chi connectivity index (χ0) is 19.3. The number of Topliss-reactive ketones (excluding diaryl/α,β-unsaturated/α-hetero) is 2. The summed E-state index contributed by atoms with van der Waals surface area (Å²) in [6.07, 6.45) is -2.45. The zero-order valence-electron chi connectivity index (χ0n) is 14.0. The Hall–Kier alpha value is -2.12. The summed E-state index contributed by atoms with van der Waals surface area (Å²) in [6, 6.07) is 4.70. The molecule has 7 heteroatoms.